The number of aromatic amines is 1. The molecule has 9 nitrogen and oxygen atoms in total. The lowest BCUT2D eigenvalue weighted by Gasteiger charge is -2.34. The summed E-state index contributed by atoms with van der Waals surface area (Å²) in [5, 5.41) is 13.7. The SMILES string of the molecule is CN1CCN(c2ccc(C(=O)Nc3[nH]nc4sc(OC(=O)NC(C)(C)c5ccc(F)cc5)cc34)cc2)CC1. The van der Waals surface area contributed by atoms with Gasteiger partial charge in [-0.05, 0) is 62.9 Å². The van der Waals surface area contributed by atoms with Crippen LogP contribution in [0.15, 0.2) is 54.6 Å². The second kappa shape index (κ2) is 10.4. The molecule has 0 bridgehead atoms. The van der Waals surface area contributed by atoms with Gasteiger partial charge >= 0.3 is 6.09 Å². The number of H-pyrrole nitrogens is 1. The van der Waals surface area contributed by atoms with Crippen molar-refractivity contribution in [3.05, 3.63) is 71.5 Å². The summed E-state index contributed by atoms with van der Waals surface area (Å²) in [4.78, 5) is 30.7. The second-order valence-corrected chi connectivity index (χ2v) is 10.8. The maximum Gasteiger partial charge on any atom is 0.414 e. The Balaban J connectivity index is 1.22. The number of aromatic nitrogens is 2. The number of ether oxygens (including phenoxy) is 1. The number of nitrogens with one attached hydrogen (secondary N) is 3. The molecule has 1 aliphatic rings. The minimum absolute atomic E-state index is 0.270. The normalized spacial score (nSPS) is 14.5. The van der Waals surface area contributed by atoms with Crippen LogP contribution in [0.4, 0.5) is 20.7 Å². The Morgan fingerprint density at radius 2 is 1.74 bits per heavy atom. The highest BCUT2D eigenvalue weighted by Crippen LogP contribution is 2.35. The number of likely N-dealkylation sites (N-methyl/N-ethyl adjacent to an activating group) is 1. The minimum Gasteiger partial charge on any atom is -0.399 e. The molecule has 1 aliphatic heterocycles. The van der Waals surface area contributed by atoms with Gasteiger partial charge in [0.1, 0.15) is 11.6 Å². The van der Waals surface area contributed by atoms with Gasteiger partial charge in [-0.15, -0.1) is 0 Å². The maximum atomic E-state index is 13.3. The monoisotopic (exact) mass is 536 g/mol. The van der Waals surface area contributed by atoms with Gasteiger partial charge in [0.05, 0.1) is 10.9 Å². The molecule has 0 unspecified atom stereocenters. The number of halogens is 1. The fourth-order valence-electron chi connectivity index (χ4n) is 4.32. The third-order valence-electron chi connectivity index (χ3n) is 6.64. The van der Waals surface area contributed by atoms with Crippen molar-refractivity contribution >= 4 is 45.1 Å². The molecule has 1 saturated heterocycles. The largest absolute Gasteiger partial charge is 0.414 e. The molecular formula is C27H29FN6O3S. The van der Waals surface area contributed by atoms with Gasteiger partial charge < -0.3 is 25.2 Å². The van der Waals surface area contributed by atoms with Crippen molar-refractivity contribution in [3.63, 3.8) is 0 Å². The van der Waals surface area contributed by atoms with Crippen molar-refractivity contribution in [2.45, 2.75) is 19.4 Å². The molecular weight excluding hydrogens is 507 g/mol. The molecule has 11 heteroatoms. The van der Waals surface area contributed by atoms with Crippen molar-refractivity contribution in [2.24, 2.45) is 0 Å². The van der Waals surface area contributed by atoms with Crippen molar-refractivity contribution in [3.8, 4) is 5.06 Å². The number of anilines is 2. The number of fused-ring (bicyclic) bond motifs is 1. The summed E-state index contributed by atoms with van der Waals surface area (Å²) in [6.07, 6.45) is -0.654. The highest BCUT2D eigenvalue weighted by Gasteiger charge is 2.25. The van der Waals surface area contributed by atoms with E-state index < -0.39 is 11.6 Å². The van der Waals surface area contributed by atoms with Crippen molar-refractivity contribution in [2.75, 3.05) is 43.4 Å². The first-order valence-corrected chi connectivity index (χ1v) is 13.1. The molecule has 0 spiro atoms. The molecule has 5 rings (SSSR count). The number of carbonyl (C=O) groups is 2. The summed E-state index contributed by atoms with van der Waals surface area (Å²) < 4.78 is 18.7. The summed E-state index contributed by atoms with van der Waals surface area (Å²) in [7, 11) is 2.12. The van der Waals surface area contributed by atoms with Crippen LogP contribution in [0.3, 0.4) is 0 Å². The quantitative estimate of drug-likeness (QED) is 0.328. The summed E-state index contributed by atoms with van der Waals surface area (Å²) in [5.41, 5.74) is 1.58. The van der Waals surface area contributed by atoms with Gasteiger partial charge in [0, 0.05) is 43.5 Å². The number of thiophene rings is 1. The zero-order valence-corrected chi connectivity index (χ0v) is 22.2. The molecule has 2 aromatic carbocycles. The zero-order chi connectivity index (χ0) is 26.9. The van der Waals surface area contributed by atoms with Gasteiger partial charge in [-0.1, -0.05) is 23.5 Å². The number of amides is 2. The lowest BCUT2D eigenvalue weighted by Crippen LogP contribution is -2.44. The topological polar surface area (TPSA) is 103 Å². The lowest BCUT2D eigenvalue weighted by molar-refractivity contribution is 0.102. The standard InChI is InChI=1S/C27H29FN6O3S/c1-27(2,18-6-8-19(28)9-7-18)30-26(36)37-22-16-21-23(31-32-25(21)38-22)29-24(35)17-4-10-20(11-5-17)34-14-12-33(3)13-15-34/h4-11,16H,12-15H2,1-3H3,(H,30,36)(H2,29,31,32,35). The highest BCUT2D eigenvalue weighted by molar-refractivity contribution is 7.20. The number of benzene rings is 2. The van der Waals surface area contributed by atoms with Crippen LogP contribution < -0.4 is 20.3 Å². The summed E-state index contributed by atoms with van der Waals surface area (Å²) in [5.74, 6) is -0.196. The van der Waals surface area contributed by atoms with E-state index in [1.165, 1.54) is 23.5 Å². The predicted octanol–water partition coefficient (Wildman–Crippen LogP) is 4.79. The van der Waals surface area contributed by atoms with E-state index in [2.05, 4.69) is 37.7 Å². The first kappa shape index (κ1) is 25.7. The Morgan fingerprint density at radius 1 is 1.05 bits per heavy atom. The van der Waals surface area contributed by atoms with Crippen LogP contribution in [-0.4, -0.2) is 60.3 Å². The Hall–Kier alpha value is -3.96. The number of rotatable bonds is 6. The summed E-state index contributed by atoms with van der Waals surface area (Å²) in [6, 6.07) is 15.1. The van der Waals surface area contributed by atoms with E-state index >= 15 is 0 Å². The zero-order valence-electron chi connectivity index (χ0n) is 21.4. The van der Waals surface area contributed by atoms with Gasteiger partial charge in [0.2, 0.25) is 0 Å². The molecule has 0 atom stereocenters. The molecule has 2 aromatic heterocycles. The van der Waals surface area contributed by atoms with Crippen LogP contribution >= 0.6 is 11.3 Å². The van der Waals surface area contributed by atoms with E-state index in [1.54, 1.807) is 32.0 Å². The van der Waals surface area contributed by atoms with Crippen LogP contribution in [0.1, 0.15) is 29.8 Å². The average Bonchev–Trinajstić information content (AvgIpc) is 3.45. The number of carbonyl (C=O) groups excluding carboxylic acids is 2. The molecule has 0 saturated carbocycles. The molecule has 1 fully saturated rings. The number of piperazine rings is 1. The van der Waals surface area contributed by atoms with E-state index in [4.69, 9.17) is 4.74 Å². The first-order valence-electron chi connectivity index (χ1n) is 12.3. The molecule has 3 heterocycles. The van der Waals surface area contributed by atoms with E-state index in [0.29, 0.717) is 26.7 Å². The van der Waals surface area contributed by atoms with Gasteiger partial charge in [0.25, 0.3) is 5.91 Å². The maximum absolute atomic E-state index is 13.3. The summed E-state index contributed by atoms with van der Waals surface area (Å²) in [6.45, 7) is 7.54. The first-order chi connectivity index (χ1) is 18.2. The highest BCUT2D eigenvalue weighted by atomic mass is 32.1. The van der Waals surface area contributed by atoms with Crippen molar-refractivity contribution in [1.82, 2.24) is 20.4 Å². The smallest absolute Gasteiger partial charge is 0.399 e. The molecule has 2 amide bonds. The molecule has 4 aromatic rings. The third kappa shape index (κ3) is 5.63. The van der Waals surface area contributed by atoms with E-state index in [1.807, 2.05) is 24.3 Å². The summed E-state index contributed by atoms with van der Waals surface area (Å²) >= 11 is 1.18. The predicted molar refractivity (Wildman–Crippen MR) is 147 cm³/mol. The van der Waals surface area contributed by atoms with Gasteiger partial charge in [-0.2, -0.15) is 5.10 Å². The number of hydrogen-bond acceptors (Lipinski definition) is 7. The lowest BCUT2D eigenvalue weighted by atomic mass is 9.94. The average molecular weight is 537 g/mol. The molecule has 198 valence electrons. The van der Waals surface area contributed by atoms with Crippen molar-refractivity contribution < 1.29 is 18.7 Å². The second-order valence-electron chi connectivity index (χ2n) is 9.82. The molecule has 3 N–H and O–H groups in total. The van der Waals surface area contributed by atoms with Crippen LogP contribution in [0.5, 0.6) is 5.06 Å². The van der Waals surface area contributed by atoms with Crippen molar-refractivity contribution in [1.29, 1.82) is 0 Å². The van der Waals surface area contributed by atoms with Gasteiger partial charge in [-0.25, -0.2) is 9.18 Å². The van der Waals surface area contributed by atoms with E-state index in [-0.39, 0.29) is 11.7 Å². The van der Waals surface area contributed by atoms with Crippen LogP contribution in [-0.2, 0) is 5.54 Å². The van der Waals surface area contributed by atoms with E-state index in [0.717, 1.165) is 37.4 Å². The Labute approximate surface area is 223 Å². The third-order valence-corrected chi connectivity index (χ3v) is 7.55. The van der Waals surface area contributed by atoms with Crippen LogP contribution in [0.2, 0.25) is 0 Å². The Morgan fingerprint density at radius 3 is 2.42 bits per heavy atom. The van der Waals surface area contributed by atoms with Gasteiger partial charge in [0.15, 0.2) is 9.89 Å². The number of hydrogen-bond donors (Lipinski definition) is 3. The fourth-order valence-corrected chi connectivity index (χ4v) is 5.17. The Kier molecular flexibility index (Phi) is 7.04. The van der Waals surface area contributed by atoms with Gasteiger partial charge in [-0.3, -0.25) is 9.89 Å². The van der Waals surface area contributed by atoms with E-state index in [9.17, 15) is 14.0 Å². The molecule has 0 aliphatic carbocycles. The molecule has 38 heavy (non-hydrogen) atoms. The van der Waals surface area contributed by atoms with Crippen LogP contribution in [0, 0.1) is 5.82 Å². The Bertz CT molecular complexity index is 1440. The fraction of sp³-hybridized carbons (Fsp3) is 0.296. The molecule has 0 radical (unpaired) electrons. The number of nitrogens with zero attached hydrogens (tertiary/aromatic N) is 3. The van der Waals surface area contributed by atoms with Crippen LogP contribution in [0.25, 0.3) is 10.2 Å². The minimum atomic E-state index is -0.776.